The van der Waals surface area contributed by atoms with Gasteiger partial charge in [-0.1, -0.05) is 13.0 Å². The number of hydrogen-bond donors (Lipinski definition) is 2. The molecule has 0 aliphatic heterocycles. The largest absolute Gasteiger partial charge is 0.417 e. The number of hydrogen-bond acceptors (Lipinski definition) is 3. The summed E-state index contributed by atoms with van der Waals surface area (Å²) in [5.74, 6) is 0.0580. The first-order valence-corrected chi connectivity index (χ1v) is 5.40. The molecule has 0 bridgehead atoms. The van der Waals surface area contributed by atoms with Crippen LogP contribution in [0.4, 0.5) is 0 Å². The van der Waals surface area contributed by atoms with Gasteiger partial charge in [0.25, 0.3) is 0 Å². The fourth-order valence-electron chi connectivity index (χ4n) is 2.46. The van der Waals surface area contributed by atoms with E-state index in [0.717, 1.165) is 12.0 Å². The summed E-state index contributed by atoms with van der Waals surface area (Å²) >= 11 is 0. The van der Waals surface area contributed by atoms with Crippen molar-refractivity contribution in [2.45, 2.75) is 18.8 Å². The molecule has 16 heavy (non-hydrogen) atoms. The van der Waals surface area contributed by atoms with Crippen molar-refractivity contribution in [3.63, 3.8) is 0 Å². The lowest BCUT2D eigenvalue weighted by molar-refractivity contribution is 0.247. The highest BCUT2D eigenvalue weighted by molar-refractivity contribution is 5.73. The summed E-state index contributed by atoms with van der Waals surface area (Å²) in [4.78, 5) is 13.7. The van der Waals surface area contributed by atoms with Crippen LogP contribution in [0, 0.1) is 5.92 Å². The van der Waals surface area contributed by atoms with Gasteiger partial charge < -0.3 is 9.52 Å². The minimum atomic E-state index is -0.436. The lowest BCUT2D eigenvalue weighted by Crippen LogP contribution is -2.14. The van der Waals surface area contributed by atoms with E-state index in [4.69, 9.17) is 4.42 Å². The fourth-order valence-corrected chi connectivity index (χ4v) is 2.46. The zero-order chi connectivity index (χ0) is 11.3. The van der Waals surface area contributed by atoms with Gasteiger partial charge in [-0.15, -0.1) is 0 Å². The number of H-pyrrole nitrogens is 1. The van der Waals surface area contributed by atoms with Crippen LogP contribution in [-0.4, -0.2) is 16.7 Å². The van der Waals surface area contributed by atoms with Gasteiger partial charge in [-0.25, -0.2) is 4.79 Å². The molecule has 2 N–H and O–H groups in total. The molecule has 4 heteroatoms. The molecule has 0 radical (unpaired) electrons. The summed E-state index contributed by atoms with van der Waals surface area (Å²) in [5.41, 5.74) is 2.24. The van der Waals surface area contributed by atoms with Gasteiger partial charge in [-0.3, -0.25) is 4.98 Å². The van der Waals surface area contributed by atoms with Crippen LogP contribution in [0.3, 0.4) is 0 Å². The van der Waals surface area contributed by atoms with E-state index in [0.29, 0.717) is 17.0 Å². The molecule has 2 atom stereocenters. The number of rotatable bonds is 2. The summed E-state index contributed by atoms with van der Waals surface area (Å²) in [7, 11) is 0. The Morgan fingerprint density at radius 2 is 2.38 bits per heavy atom. The molecule has 0 spiro atoms. The Balaban J connectivity index is 2.15. The lowest BCUT2D eigenvalue weighted by atomic mass is 9.94. The molecule has 1 aliphatic carbocycles. The standard InChI is InChI=1S/C12H13NO3/c1-7-5-12(7,6-14)8-2-3-10-9(4-8)13-11(15)16-10/h2-4,7,14H,5-6H2,1H3,(H,13,15). The van der Waals surface area contributed by atoms with Gasteiger partial charge in [-0.2, -0.15) is 0 Å². The number of fused-ring (bicyclic) bond motifs is 1. The molecule has 3 rings (SSSR count). The van der Waals surface area contributed by atoms with Gasteiger partial charge in [0.1, 0.15) is 0 Å². The number of aliphatic hydroxyl groups excluding tert-OH is 1. The first kappa shape index (κ1) is 9.66. The first-order chi connectivity index (χ1) is 7.65. The van der Waals surface area contributed by atoms with Crippen molar-refractivity contribution in [1.29, 1.82) is 0 Å². The second-order valence-corrected chi connectivity index (χ2v) is 4.64. The van der Waals surface area contributed by atoms with Crippen LogP contribution in [0.25, 0.3) is 11.1 Å². The zero-order valence-electron chi connectivity index (χ0n) is 8.99. The molecule has 2 unspecified atom stereocenters. The van der Waals surface area contributed by atoms with Crippen molar-refractivity contribution in [3.8, 4) is 0 Å². The second-order valence-electron chi connectivity index (χ2n) is 4.64. The number of benzene rings is 1. The molecular formula is C12H13NO3. The maximum atomic E-state index is 11.0. The molecule has 1 fully saturated rings. The Labute approximate surface area is 91.9 Å². The third-order valence-electron chi connectivity index (χ3n) is 3.73. The van der Waals surface area contributed by atoms with Gasteiger partial charge in [-0.05, 0) is 30.0 Å². The Morgan fingerprint density at radius 1 is 1.62 bits per heavy atom. The van der Waals surface area contributed by atoms with Crippen LogP contribution >= 0.6 is 0 Å². The molecule has 84 valence electrons. The third kappa shape index (κ3) is 1.16. The van der Waals surface area contributed by atoms with Crippen molar-refractivity contribution in [1.82, 2.24) is 4.98 Å². The summed E-state index contributed by atoms with van der Waals surface area (Å²) < 4.78 is 4.94. The molecule has 1 saturated carbocycles. The summed E-state index contributed by atoms with van der Waals surface area (Å²) in [6.45, 7) is 2.28. The number of aromatic amines is 1. The fraction of sp³-hybridized carbons (Fsp3) is 0.417. The average molecular weight is 219 g/mol. The van der Waals surface area contributed by atoms with Crippen molar-refractivity contribution in [2.24, 2.45) is 5.92 Å². The number of aliphatic hydroxyl groups is 1. The Kier molecular flexibility index (Phi) is 1.80. The van der Waals surface area contributed by atoms with E-state index in [1.54, 1.807) is 6.07 Å². The molecule has 1 aromatic heterocycles. The highest BCUT2D eigenvalue weighted by Crippen LogP contribution is 2.53. The van der Waals surface area contributed by atoms with Gasteiger partial charge in [0, 0.05) is 5.41 Å². The van der Waals surface area contributed by atoms with Crippen molar-refractivity contribution in [3.05, 3.63) is 34.3 Å². The highest BCUT2D eigenvalue weighted by Gasteiger charge is 2.51. The van der Waals surface area contributed by atoms with E-state index in [9.17, 15) is 9.90 Å². The minimum absolute atomic E-state index is 0.109. The van der Waals surface area contributed by atoms with Crippen LogP contribution in [-0.2, 0) is 5.41 Å². The predicted molar refractivity (Wildman–Crippen MR) is 59.4 cm³/mol. The number of oxazole rings is 1. The van der Waals surface area contributed by atoms with E-state index in [1.165, 1.54) is 0 Å². The molecular weight excluding hydrogens is 206 g/mol. The molecule has 1 heterocycles. The minimum Gasteiger partial charge on any atom is -0.408 e. The van der Waals surface area contributed by atoms with E-state index >= 15 is 0 Å². The molecule has 1 aromatic carbocycles. The number of aromatic nitrogens is 1. The third-order valence-corrected chi connectivity index (χ3v) is 3.73. The van der Waals surface area contributed by atoms with Gasteiger partial charge in [0.05, 0.1) is 12.1 Å². The van der Waals surface area contributed by atoms with Crippen LogP contribution in [0.5, 0.6) is 0 Å². The molecule has 4 nitrogen and oxygen atoms in total. The average Bonchev–Trinajstić information content (AvgIpc) is 2.79. The quantitative estimate of drug-likeness (QED) is 0.802. The SMILES string of the molecule is CC1CC1(CO)c1ccc2oc(=O)[nH]c2c1. The van der Waals surface area contributed by atoms with Crippen LogP contribution < -0.4 is 5.76 Å². The van der Waals surface area contributed by atoms with Crippen molar-refractivity contribution >= 4 is 11.1 Å². The van der Waals surface area contributed by atoms with E-state index in [-0.39, 0.29) is 12.0 Å². The highest BCUT2D eigenvalue weighted by atomic mass is 16.4. The van der Waals surface area contributed by atoms with E-state index in [2.05, 4.69) is 11.9 Å². The van der Waals surface area contributed by atoms with Gasteiger partial charge in [0.2, 0.25) is 0 Å². The maximum Gasteiger partial charge on any atom is 0.417 e. The summed E-state index contributed by atoms with van der Waals surface area (Å²) in [5, 5.41) is 9.46. The zero-order valence-corrected chi connectivity index (χ0v) is 8.99. The van der Waals surface area contributed by atoms with Crippen molar-refractivity contribution in [2.75, 3.05) is 6.61 Å². The molecule has 0 amide bonds. The summed E-state index contributed by atoms with van der Waals surface area (Å²) in [6, 6.07) is 5.61. The first-order valence-electron chi connectivity index (χ1n) is 5.40. The van der Waals surface area contributed by atoms with E-state index in [1.807, 2.05) is 12.1 Å². The Bertz CT molecular complexity index is 594. The topological polar surface area (TPSA) is 66.2 Å². The smallest absolute Gasteiger partial charge is 0.408 e. The van der Waals surface area contributed by atoms with Gasteiger partial charge in [0.15, 0.2) is 5.58 Å². The lowest BCUT2D eigenvalue weighted by Gasteiger charge is -2.13. The number of nitrogens with one attached hydrogen (secondary N) is 1. The maximum absolute atomic E-state index is 11.0. The Morgan fingerprint density at radius 3 is 3.00 bits per heavy atom. The van der Waals surface area contributed by atoms with E-state index < -0.39 is 5.76 Å². The summed E-state index contributed by atoms with van der Waals surface area (Å²) in [6.07, 6.45) is 0.997. The molecule has 0 saturated heterocycles. The predicted octanol–water partition coefficient (Wildman–Crippen LogP) is 1.39. The van der Waals surface area contributed by atoms with Crippen molar-refractivity contribution < 1.29 is 9.52 Å². The molecule has 1 aliphatic rings. The normalized spacial score (nSPS) is 28.5. The Hall–Kier alpha value is -1.55. The van der Waals surface area contributed by atoms with Crippen LogP contribution in [0.2, 0.25) is 0 Å². The monoisotopic (exact) mass is 219 g/mol. The van der Waals surface area contributed by atoms with Crippen LogP contribution in [0.1, 0.15) is 18.9 Å². The molecule has 2 aromatic rings. The van der Waals surface area contributed by atoms with Gasteiger partial charge >= 0.3 is 5.76 Å². The van der Waals surface area contributed by atoms with Crippen LogP contribution in [0.15, 0.2) is 27.4 Å². The second kappa shape index (κ2) is 2.98.